The maximum atomic E-state index is 6.83. The number of rotatable bonds is 2. The van der Waals surface area contributed by atoms with Crippen LogP contribution in [0, 0.1) is 6.92 Å². The number of ether oxygens (including phenoxy) is 1. The number of hydrogen-bond acceptors (Lipinski definition) is 1. The molecular weight excluding hydrogens is 354 g/mol. The molecule has 1 aliphatic heterocycles. The highest BCUT2D eigenvalue weighted by Crippen LogP contribution is 2.54. The number of halogens is 1. The highest BCUT2D eigenvalue weighted by atomic mass is 35.5. The molecule has 1 aliphatic carbocycles. The Labute approximate surface area is 164 Å². The van der Waals surface area contributed by atoms with Crippen LogP contribution >= 0.6 is 11.6 Å². The van der Waals surface area contributed by atoms with Gasteiger partial charge in [0.25, 0.3) is 0 Å². The van der Waals surface area contributed by atoms with Crippen LogP contribution in [0.3, 0.4) is 0 Å². The van der Waals surface area contributed by atoms with E-state index in [4.69, 9.17) is 16.3 Å². The van der Waals surface area contributed by atoms with E-state index in [-0.39, 0.29) is 12.0 Å². The van der Waals surface area contributed by atoms with Crippen LogP contribution in [0.2, 0.25) is 0 Å². The molecule has 5 rings (SSSR count). The fraction of sp³-hybridized carbons (Fsp3) is 0.167. The van der Waals surface area contributed by atoms with Crippen molar-refractivity contribution in [1.29, 1.82) is 0 Å². The molecule has 0 amide bonds. The average Bonchev–Trinajstić information content (AvgIpc) is 3.19. The Hall–Kier alpha value is -2.71. The summed E-state index contributed by atoms with van der Waals surface area (Å²) >= 11 is 6.83. The minimum Gasteiger partial charge on any atom is -0.483 e. The topological polar surface area (TPSA) is 14.2 Å². The van der Waals surface area contributed by atoms with Crippen molar-refractivity contribution in [2.75, 3.05) is 0 Å². The van der Waals surface area contributed by atoms with Crippen LogP contribution in [0.5, 0.6) is 5.75 Å². The maximum absolute atomic E-state index is 6.83. The van der Waals surface area contributed by atoms with E-state index < -0.39 is 0 Å². The van der Waals surface area contributed by atoms with Crippen molar-refractivity contribution >= 4 is 22.7 Å². The van der Waals surface area contributed by atoms with Gasteiger partial charge in [0.2, 0.25) is 0 Å². The monoisotopic (exact) mass is 373 g/mol. The molecule has 2 aromatic carbocycles. The van der Waals surface area contributed by atoms with Crippen LogP contribution in [0.25, 0.3) is 16.8 Å². The quantitative estimate of drug-likeness (QED) is 0.491. The minimum atomic E-state index is -0.0715. The van der Waals surface area contributed by atoms with Gasteiger partial charge >= 0.3 is 0 Å². The van der Waals surface area contributed by atoms with E-state index in [0.717, 1.165) is 33.4 Å². The zero-order valence-corrected chi connectivity index (χ0v) is 16.1. The SMILES string of the molecule is C/C=C\c1c(C)c2c(n1-c1ccccc1)C1Oc3ccccc3C1C=C2Cl. The lowest BCUT2D eigenvalue weighted by Crippen LogP contribution is -2.18. The molecule has 2 nitrogen and oxygen atoms in total. The number of nitrogens with zero attached hydrogens (tertiary/aromatic N) is 1. The number of aromatic nitrogens is 1. The van der Waals surface area contributed by atoms with Crippen molar-refractivity contribution in [2.45, 2.75) is 25.9 Å². The molecule has 3 aromatic rings. The molecule has 27 heavy (non-hydrogen) atoms. The molecule has 0 saturated heterocycles. The second-order valence-electron chi connectivity index (χ2n) is 7.06. The van der Waals surface area contributed by atoms with Gasteiger partial charge in [0.05, 0.1) is 11.6 Å². The molecule has 134 valence electrons. The molecule has 2 aliphatic rings. The highest BCUT2D eigenvalue weighted by Gasteiger charge is 2.42. The lowest BCUT2D eigenvalue weighted by Gasteiger charge is -2.25. The highest BCUT2D eigenvalue weighted by molar-refractivity contribution is 6.49. The van der Waals surface area contributed by atoms with Gasteiger partial charge in [-0.1, -0.05) is 60.2 Å². The molecule has 0 radical (unpaired) electrons. The van der Waals surface area contributed by atoms with Crippen LogP contribution in [0.4, 0.5) is 0 Å². The van der Waals surface area contributed by atoms with E-state index in [0.29, 0.717) is 0 Å². The number of hydrogen-bond donors (Lipinski definition) is 0. The summed E-state index contributed by atoms with van der Waals surface area (Å²) in [7, 11) is 0. The summed E-state index contributed by atoms with van der Waals surface area (Å²) in [5, 5.41) is 0.810. The van der Waals surface area contributed by atoms with Crippen LogP contribution in [0.15, 0.2) is 66.7 Å². The van der Waals surface area contributed by atoms with E-state index in [1.807, 2.05) is 25.1 Å². The van der Waals surface area contributed by atoms with Crippen molar-refractivity contribution in [1.82, 2.24) is 4.57 Å². The summed E-state index contributed by atoms with van der Waals surface area (Å²) in [6.45, 7) is 4.19. The van der Waals surface area contributed by atoms with Crippen LogP contribution in [0.1, 0.15) is 47.0 Å². The lowest BCUT2D eigenvalue weighted by atomic mass is 9.86. The van der Waals surface area contributed by atoms with E-state index in [1.54, 1.807) is 0 Å². The summed E-state index contributed by atoms with van der Waals surface area (Å²) in [6.07, 6.45) is 6.31. The van der Waals surface area contributed by atoms with Gasteiger partial charge in [-0.25, -0.2) is 0 Å². The second-order valence-corrected chi connectivity index (χ2v) is 7.47. The molecule has 1 aromatic heterocycles. The van der Waals surface area contributed by atoms with E-state index in [2.05, 4.69) is 66.1 Å². The first kappa shape index (κ1) is 16.5. The van der Waals surface area contributed by atoms with E-state index in [1.165, 1.54) is 11.1 Å². The average molecular weight is 374 g/mol. The molecule has 2 heterocycles. The van der Waals surface area contributed by atoms with Gasteiger partial charge in [-0.15, -0.1) is 0 Å². The Morgan fingerprint density at radius 3 is 2.56 bits per heavy atom. The minimum absolute atomic E-state index is 0.0715. The molecule has 0 fully saturated rings. The Kier molecular flexibility index (Phi) is 3.76. The maximum Gasteiger partial charge on any atom is 0.150 e. The number of para-hydroxylation sites is 2. The van der Waals surface area contributed by atoms with E-state index in [9.17, 15) is 0 Å². The fourth-order valence-corrected chi connectivity index (χ4v) is 4.77. The van der Waals surface area contributed by atoms with Crippen LogP contribution in [-0.4, -0.2) is 4.57 Å². The normalized spacial score (nSPS) is 20.0. The smallest absolute Gasteiger partial charge is 0.150 e. The van der Waals surface area contributed by atoms with Crippen molar-refractivity contribution in [3.05, 3.63) is 94.8 Å². The zero-order valence-electron chi connectivity index (χ0n) is 15.3. The third kappa shape index (κ3) is 2.33. The van der Waals surface area contributed by atoms with E-state index >= 15 is 0 Å². The summed E-state index contributed by atoms with van der Waals surface area (Å²) in [5.41, 5.74) is 6.91. The third-order valence-corrected chi connectivity index (χ3v) is 5.84. The van der Waals surface area contributed by atoms with Crippen molar-refractivity contribution in [3.8, 4) is 11.4 Å². The Balaban J connectivity index is 1.82. The van der Waals surface area contributed by atoms with Crippen LogP contribution < -0.4 is 4.74 Å². The van der Waals surface area contributed by atoms with Crippen molar-refractivity contribution < 1.29 is 4.74 Å². The predicted molar refractivity (Wildman–Crippen MR) is 112 cm³/mol. The van der Waals surface area contributed by atoms with Gasteiger partial charge < -0.3 is 9.30 Å². The fourth-order valence-electron chi connectivity index (χ4n) is 4.39. The first-order valence-electron chi connectivity index (χ1n) is 9.27. The van der Waals surface area contributed by atoms with Crippen LogP contribution in [-0.2, 0) is 0 Å². The van der Waals surface area contributed by atoms with Gasteiger partial charge in [0.1, 0.15) is 11.9 Å². The second kappa shape index (κ2) is 6.17. The van der Waals surface area contributed by atoms with Crippen molar-refractivity contribution in [3.63, 3.8) is 0 Å². The molecule has 3 heteroatoms. The molecule has 0 saturated carbocycles. The summed E-state index contributed by atoms with van der Waals surface area (Å²) in [6, 6.07) is 18.7. The Morgan fingerprint density at radius 1 is 1.04 bits per heavy atom. The largest absolute Gasteiger partial charge is 0.483 e. The standard InChI is InChI=1S/C24H20ClNO/c1-3-9-20-15(2)22-19(25)14-18-17-12-7-8-13-21(17)27-24(18)23(22)26(20)16-10-5-4-6-11-16/h3-14,18,24H,1-2H3/b9-3-. The van der Waals surface area contributed by atoms with Gasteiger partial charge in [0, 0.05) is 27.5 Å². The predicted octanol–water partition coefficient (Wildman–Crippen LogP) is 6.63. The number of fused-ring (bicyclic) bond motifs is 5. The Bertz CT molecular complexity index is 1090. The third-order valence-electron chi connectivity index (χ3n) is 5.53. The first-order valence-corrected chi connectivity index (χ1v) is 9.65. The molecule has 0 spiro atoms. The van der Waals surface area contributed by atoms with Gasteiger partial charge in [0.15, 0.2) is 0 Å². The van der Waals surface area contributed by atoms with Gasteiger partial charge in [-0.05, 0) is 43.7 Å². The van der Waals surface area contributed by atoms with Crippen molar-refractivity contribution in [2.24, 2.45) is 0 Å². The molecule has 0 N–H and O–H groups in total. The molecular formula is C24H20ClNO. The van der Waals surface area contributed by atoms with Gasteiger partial charge in [-0.3, -0.25) is 0 Å². The number of benzene rings is 2. The Morgan fingerprint density at radius 2 is 1.78 bits per heavy atom. The molecule has 2 unspecified atom stereocenters. The first-order chi connectivity index (χ1) is 13.2. The zero-order chi connectivity index (χ0) is 18.5. The summed E-state index contributed by atoms with van der Waals surface area (Å²) in [4.78, 5) is 0. The summed E-state index contributed by atoms with van der Waals surface area (Å²) < 4.78 is 8.76. The lowest BCUT2D eigenvalue weighted by molar-refractivity contribution is 0.215. The summed E-state index contributed by atoms with van der Waals surface area (Å²) in [5.74, 6) is 1.09. The number of allylic oxidation sites excluding steroid dienone is 1. The molecule has 0 bridgehead atoms. The van der Waals surface area contributed by atoms with Gasteiger partial charge in [-0.2, -0.15) is 0 Å². The molecule has 2 atom stereocenters.